The molecule has 118 valence electrons. The lowest BCUT2D eigenvalue weighted by Crippen LogP contribution is -2.53. The molecular formula is C15H30N2O3. The fraction of sp³-hybridized carbons (Fsp3) is 0.933. The van der Waals surface area contributed by atoms with Crippen molar-refractivity contribution < 1.29 is 19.5 Å². The average Bonchev–Trinajstić information content (AvgIpc) is 2.44. The number of hydrogen-bond acceptors (Lipinski definition) is 4. The third-order valence-electron chi connectivity index (χ3n) is 3.78. The molecule has 5 nitrogen and oxygen atoms in total. The molecule has 1 unspecified atom stereocenters. The van der Waals surface area contributed by atoms with E-state index in [1.54, 1.807) is 0 Å². The van der Waals surface area contributed by atoms with Crippen LogP contribution in [0.3, 0.4) is 0 Å². The van der Waals surface area contributed by atoms with E-state index in [0.29, 0.717) is 30.8 Å². The lowest BCUT2D eigenvalue weighted by atomic mass is 10.1. The van der Waals surface area contributed by atoms with Gasteiger partial charge in [-0.15, -0.1) is 5.10 Å². The molecular weight excluding hydrogens is 256 g/mol. The van der Waals surface area contributed by atoms with Crippen molar-refractivity contribution in [3.8, 4) is 0 Å². The van der Waals surface area contributed by atoms with Gasteiger partial charge in [-0.3, -0.25) is 0 Å². The quantitative estimate of drug-likeness (QED) is 0.300. The van der Waals surface area contributed by atoms with E-state index in [2.05, 4.69) is 12.0 Å². The van der Waals surface area contributed by atoms with Crippen LogP contribution in [0.2, 0.25) is 0 Å². The Labute approximate surface area is 122 Å². The Morgan fingerprint density at radius 2 is 2.00 bits per heavy atom. The molecule has 1 heterocycles. The first kappa shape index (κ1) is 17.4. The molecule has 5 heteroatoms. The standard InChI is InChI=1S/C15H30N2O3/c1-3-5-11-20-13-14(18)12-17(16-15(19)4-2)9-7-6-8-10-17/h14,18H,3-13H2,1-2H3. The second-order valence-electron chi connectivity index (χ2n) is 5.72. The Morgan fingerprint density at radius 3 is 2.60 bits per heavy atom. The monoisotopic (exact) mass is 286 g/mol. The van der Waals surface area contributed by atoms with Crippen molar-refractivity contribution in [2.45, 2.75) is 58.5 Å². The average molecular weight is 286 g/mol. The highest BCUT2D eigenvalue weighted by atomic mass is 16.5. The summed E-state index contributed by atoms with van der Waals surface area (Å²) in [5.41, 5.74) is 0. The fourth-order valence-electron chi connectivity index (χ4n) is 2.64. The maximum Gasteiger partial charge on any atom is 0.131 e. The number of aliphatic hydroxyl groups excluding tert-OH is 1. The number of piperidine rings is 1. The highest BCUT2D eigenvalue weighted by molar-refractivity contribution is 5.70. The highest BCUT2D eigenvalue weighted by Gasteiger charge is 2.32. The van der Waals surface area contributed by atoms with Gasteiger partial charge in [0.25, 0.3) is 0 Å². The van der Waals surface area contributed by atoms with Gasteiger partial charge in [0.15, 0.2) is 0 Å². The molecule has 0 aromatic heterocycles. The summed E-state index contributed by atoms with van der Waals surface area (Å²) in [7, 11) is 0. The molecule has 0 spiro atoms. The number of quaternary nitrogens is 1. The SMILES string of the molecule is CCCCOCC(O)C[N+]1(/N=C(\[O-])CC)CCCCC1. The predicted octanol–water partition coefficient (Wildman–Crippen LogP) is 1.25. The van der Waals surface area contributed by atoms with Crippen LogP contribution < -0.4 is 5.11 Å². The number of ether oxygens (including phenoxy) is 1. The van der Waals surface area contributed by atoms with Crippen LogP contribution in [0.15, 0.2) is 5.10 Å². The minimum atomic E-state index is -0.543. The van der Waals surface area contributed by atoms with Gasteiger partial charge in [0.1, 0.15) is 25.7 Å². The maximum absolute atomic E-state index is 11.7. The summed E-state index contributed by atoms with van der Waals surface area (Å²) in [6, 6.07) is 0. The summed E-state index contributed by atoms with van der Waals surface area (Å²) in [6.07, 6.45) is 5.34. The number of rotatable bonds is 9. The molecule has 20 heavy (non-hydrogen) atoms. The Balaban J connectivity index is 2.51. The van der Waals surface area contributed by atoms with Crippen LogP contribution in [0.4, 0.5) is 0 Å². The summed E-state index contributed by atoms with van der Waals surface area (Å²) < 4.78 is 5.86. The third-order valence-corrected chi connectivity index (χ3v) is 3.78. The van der Waals surface area contributed by atoms with Gasteiger partial charge in [-0.1, -0.05) is 20.3 Å². The molecule has 0 bridgehead atoms. The van der Waals surface area contributed by atoms with Crippen LogP contribution in [0.25, 0.3) is 0 Å². The summed E-state index contributed by atoms with van der Waals surface area (Å²) in [6.45, 7) is 7.20. The van der Waals surface area contributed by atoms with Gasteiger partial charge < -0.3 is 14.9 Å². The zero-order valence-corrected chi connectivity index (χ0v) is 13.0. The van der Waals surface area contributed by atoms with E-state index >= 15 is 0 Å². The number of likely N-dealkylation sites (tertiary alicyclic amines) is 1. The molecule has 0 aliphatic carbocycles. The molecule has 1 saturated heterocycles. The number of hydrogen-bond donors (Lipinski definition) is 1. The van der Waals surface area contributed by atoms with Gasteiger partial charge in [-0.2, -0.15) is 4.59 Å². The molecule has 0 aromatic rings. The molecule has 1 atom stereocenters. The van der Waals surface area contributed by atoms with Gasteiger partial charge >= 0.3 is 0 Å². The summed E-state index contributed by atoms with van der Waals surface area (Å²) in [4.78, 5) is 0. The lowest BCUT2D eigenvalue weighted by Gasteiger charge is -2.38. The van der Waals surface area contributed by atoms with Crippen molar-refractivity contribution in [1.29, 1.82) is 0 Å². The Morgan fingerprint density at radius 1 is 1.30 bits per heavy atom. The van der Waals surface area contributed by atoms with E-state index in [1.165, 1.54) is 6.42 Å². The van der Waals surface area contributed by atoms with E-state index < -0.39 is 6.10 Å². The van der Waals surface area contributed by atoms with Gasteiger partial charge in [-0.25, -0.2) is 0 Å². The zero-order valence-electron chi connectivity index (χ0n) is 13.0. The first-order chi connectivity index (χ1) is 9.62. The van der Waals surface area contributed by atoms with Crippen LogP contribution in [-0.2, 0) is 4.74 Å². The van der Waals surface area contributed by atoms with Gasteiger partial charge in [-0.05, 0) is 32.1 Å². The van der Waals surface area contributed by atoms with E-state index in [4.69, 9.17) is 4.74 Å². The first-order valence-corrected chi connectivity index (χ1v) is 8.00. The summed E-state index contributed by atoms with van der Waals surface area (Å²) in [5, 5.41) is 26.2. The second-order valence-corrected chi connectivity index (χ2v) is 5.72. The fourth-order valence-corrected chi connectivity index (χ4v) is 2.64. The first-order valence-electron chi connectivity index (χ1n) is 8.00. The Hall–Kier alpha value is -0.650. The summed E-state index contributed by atoms with van der Waals surface area (Å²) in [5.74, 6) is -0.0639. The van der Waals surface area contributed by atoms with E-state index in [1.807, 2.05) is 6.92 Å². The van der Waals surface area contributed by atoms with Crippen molar-refractivity contribution in [2.75, 3.05) is 32.8 Å². The van der Waals surface area contributed by atoms with Crippen LogP contribution in [0.5, 0.6) is 0 Å². The van der Waals surface area contributed by atoms with Gasteiger partial charge in [0.05, 0.1) is 6.61 Å². The van der Waals surface area contributed by atoms with Crippen LogP contribution >= 0.6 is 0 Å². The topological polar surface area (TPSA) is 64.9 Å². The van der Waals surface area contributed by atoms with Crippen molar-refractivity contribution in [2.24, 2.45) is 5.10 Å². The molecule has 1 fully saturated rings. The van der Waals surface area contributed by atoms with Gasteiger partial charge in [0, 0.05) is 12.5 Å². The molecule has 0 amide bonds. The molecule has 1 N–H and O–H groups in total. The van der Waals surface area contributed by atoms with Crippen molar-refractivity contribution in [1.82, 2.24) is 0 Å². The third kappa shape index (κ3) is 6.20. The summed E-state index contributed by atoms with van der Waals surface area (Å²) >= 11 is 0. The largest absolute Gasteiger partial charge is 0.858 e. The number of nitrogens with zero attached hydrogens (tertiary/aromatic N) is 2. The molecule has 0 radical (unpaired) electrons. The predicted molar refractivity (Wildman–Crippen MR) is 78.2 cm³/mol. The van der Waals surface area contributed by atoms with Crippen LogP contribution in [0.1, 0.15) is 52.4 Å². The van der Waals surface area contributed by atoms with Crippen LogP contribution in [0, 0.1) is 0 Å². The van der Waals surface area contributed by atoms with Crippen molar-refractivity contribution in [3.63, 3.8) is 0 Å². The lowest BCUT2D eigenvalue weighted by molar-refractivity contribution is -0.942. The van der Waals surface area contributed by atoms with E-state index in [0.717, 1.165) is 38.8 Å². The molecule has 1 rings (SSSR count). The smallest absolute Gasteiger partial charge is 0.131 e. The van der Waals surface area contributed by atoms with Crippen LogP contribution in [-0.4, -0.2) is 54.5 Å². The molecule has 0 aromatic carbocycles. The van der Waals surface area contributed by atoms with Crippen molar-refractivity contribution >= 4 is 5.90 Å². The normalized spacial score (nSPS) is 20.9. The second kappa shape index (κ2) is 9.32. The number of unbranched alkanes of at least 4 members (excludes halogenated alkanes) is 1. The zero-order chi connectivity index (χ0) is 14.8. The molecule has 1 aliphatic heterocycles. The Kier molecular flexibility index (Phi) is 8.11. The Bertz CT molecular complexity index is 289. The van der Waals surface area contributed by atoms with Gasteiger partial charge in [0.2, 0.25) is 0 Å². The number of aliphatic hydroxyl groups is 1. The van der Waals surface area contributed by atoms with Crippen molar-refractivity contribution in [3.05, 3.63) is 0 Å². The van der Waals surface area contributed by atoms with E-state index in [9.17, 15) is 10.2 Å². The molecule has 0 saturated carbocycles. The van der Waals surface area contributed by atoms with E-state index in [-0.39, 0.29) is 5.90 Å². The minimum absolute atomic E-state index is 0.0639. The minimum Gasteiger partial charge on any atom is -0.858 e. The molecule has 1 aliphatic rings. The highest BCUT2D eigenvalue weighted by Crippen LogP contribution is 2.21. The maximum atomic E-state index is 11.7.